The van der Waals surface area contributed by atoms with Gasteiger partial charge in [0.25, 0.3) is 0 Å². The van der Waals surface area contributed by atoms with Gasteiger partial charge in [-0.3, -0.25) is 52.7 Å². The first-order valence-corrected chi connectivity index (χ1v) is 27.1. The summed E-state index contributed by atoms with van der Waals surface area (Å²) in [4.78, 5) is 155. The Hall–Kier alpha value is -5.87. The fourth-order valence-corrected chi connectivity index (χ4v) is 9.13. The molecule has 0 bridgehead atoms. The molecule has 434 valence electrons. The van der Waals surface area contributed by atoms with Crippen molar-refractivity contribution in [2.24, 2.45) is 35.5 Å². The number of amides is 11. The smallest absolute Gasteiger partial charge is 0.245 e. The van der Waals surface area contributed by atoms with Crippen LogP contribution in [0.4, 0.5) is 0 Å². The molecule has 0 saturated carbocycles. The van der Waals surface area contributed by atoms with Crippen molar-refractivity contribution >= 4 is 65.0 Å². The lowest BCUT2D eigenvalue weighted by molar-refractivity contribution is -0.145. The fraction of sp³-hybridized carbons (Fsp3) is 0.792. The summed E-state index contributed by atoms with van der Waals surface area (Å²) in [5, 5.41) is 32.1. The van der Waals surface area contributed by atoms with E-state index >= 15 is 0 Å². The van der Waals surface area contributed by atoms with Gasteiger partial charge in [0.2, 0.25) is 65.0 Å². The van der Waals surface area contributed by atoms with Crippen LogP contribution in [-0.4, -0.2) is 180 Å². The van der Waals surface area contributed by atoms with Crippen molar-refractivity contribution in [2.45, 2.75) is 196 Å². The fourth-order valence-electron chi connectivity index (χ4n) is 9.13. The van der Waals surface area contributed by atoms with E-state index < -0.39 is 131 Å². The van der Waals surface area contributed by atoms with E-state index in [-0.39, 0.29) is 75.4 Å². The number of aliphatic hydroxyl groups excluding tert-OH is 1. The van der Waals surface area contributed by atoms with Crippen LogP contribution < -0.4 is 42.5 Å². The van der Waals surface area contributed by atoms with Crippen molar-refractivity contribution in [1.29, 1.82) is 0 Å². The van der Waals surface area contributed by atoms with Crippen molar-refractivity contribution in [3.05, 3.63) is 0 Å². The van der Waals surface area contributed by atoms with Crippen LogP contribution in [-0.2, 0) is 52.7 Å². The Bertz CT molecular complexity index is 2000. The molecule has 0 aromatic rings. The maximum absolute atomic E-state index is 14.2. The van der Waals surface area contributed by atoms with Gasteiger partial charge in [0.1, 0.15) is 48.3 Å². The van der Waals surface area contributed by atoms with Gasteiger partial charge in [0.15, 0.2) is 0 Å². The summed E-state index contributed by atoms with van der Waals surface area (Å²) in [6.07, 6.45) is -0.862. The highest BCUT2D eigenvalue weighted by Gasteiger charge is 2.40. The van der Waals surface area contributed by atoms with E-state index in [4.69, 9.17) is 0 Å². The largest absolute Gasteiger partial charge is 0.391 e. The van der Waals surface area contributed by atoms with Crippen LogP contribution in [0.2, 0.25) is 0 Å². The lowest BCUT2D eigenvalue weighted by atomic mass is 9.95. The molecule has 1 saturated heterocycles. The third-order valence-corrected chi connectivity index (χ3v) is 13.8. The molecule has 1 fully saturated rings. The molecule has 0 aliphatic carbocycles. The van der Waals surface area contributed by atoms with Crippen LogP contribution in [0.15, 0.2) is 0 Å². The van der Waals surface area contributed by atoms with Gasteiger partial charge < -0.3 is 62.3 Å². The minimum Gasteiger partial charge on any atom is -0.391 e. The van der Waals surface area contributed by atoms with Crippen LogP contribution in [0.5, 0.6) is 0 Å². The summed E-state index contributed by atoms with van der Waals surface area (Å²) in [7, 11) is 4.30. The zero-order valence-electron chi connectivity index (χ0n) is 48.5. The molecule has 0 spiro atoms. The SMILES string of the molecule is CC[C@H](C)[C@H]1C(=O)NCCC(=O)N[C@H]([C@@H](C)CC)C(=O)N(C)[C@H](C(C)C)C(=O)N[C@H](C)C(=O)NCCC(=O)N[C@H](CC(C)C)C(=O)N(C)[C@H](C(C)C)C(=O)N[C@@H]([C@@H](C)O)C(=O)NCCC(=O)N[C@H](CC(C)C)C(=O)N1C. The first kappa shape index (κ1) is 68.1. The Morgan fingerprint density at radius 1 is 0.447 bits per heavy atom. The van der Waals surface area contributed by atoms with Gasteiger partial charge in [-0.15, -0.1) is 0 Å². The second-order valence-corrected chi connectivity index (χ2v) is 22.1. The van der Waals surface area contributed by atoms with Crippen LogP contribution in [0.25, 0.3) is 0 Å². The highest BCUT2D eigenvalue weighted by molar-refractivity contribution is 5.97. The van der Waals surface area contributed by atoms with Gasteiger partial charge >= 0.3 is 0 Å². The molecule has 11 amide bonds. The highest BCUT2D eigenvalue weighted by Crippen LogP contribution is 2.20. The molecule has 0 radical (unpaired) electrons. The highest BCUT2D eigenvalue weighted by atomic mass is 16.3. The van der Waals surface area contributed by atoms with E-state index in [0.717, 1.165) is 0 Å². The Morgan fingerprint density at radius 3 is 1.21 bits per heavy atom. The van der Waals surface area contributed by atoms with Gasteiger partial charge in [-0.1, -0.05) is 95.9 Å². The van der Waals surface area contributed by atoms with Crippen molar-refractivity contribution in [3.8, 4) is 0 Å². The van der Waals surface area contributed by atoms with Crippen LogP contribution in [0.3, 0.4) is 0 Å². The molecule has 0 aromatic heterocycles. The number of hydrogen-bond donors (Lipinski definition) is 9. The number of nitrogens with zero attached hydrogens (tertiary/aromatic N) is 3. The standard InChI is InChI=1S/C53H95N11O12/c1-18-32(11)41-53(76)63(16)43(30(7)8)49(72)57-34(13)46(69)54-23-20-38(66)58-36(26-28(3)4)51(74)62(15)44(31(9)10)50(73)61-42(35(14)65)47(70)55-24-21-39(67)59-37(27-29(5)6)52(75)64(17)45(33(12)19-2)48(71)56-25-22-40(68)60-41/h28-37,41-45,65H,18-27H2,1-17H3,(H,54,69)(H,55,70)(H,56,71)(H,57,72)(H,58,66)(H,59,67)(H,60,68)(H,61,73)/t32-,33-,34+,35+,36+,37+,41+,42-,43+,44+,45-/m0/s1. The lowest BCUT2D eigenvalue weighted by Crippen LogP contribution is -2.60. The second kappa shape index (κ2) is 32.7. The quantitative estimate of drug-likeness (QED) is 0.135. The number of aliphatic hydroxyl groups is 1. The summed E-state index contributed by atoms with van der Waals surface area (Å²) in [6.45, 7) is 23.7. The molecule has 1 heterocycles. The molecule has 11 atom stereocenters. The third-order valence-electron chi connectivity index (χ3n) is 13.8. The summed E-state index contributed by atoms with van der Waals surface area (Å²) < 4.78 is 0. The molecule has 0 aromatic carbocycles. The average Bonchev–Trinajstić information content (AvgIpc) is 3.32. The third kappa shape index (κ3) is 21.3. The van der Waals surface area contributed by atoms with Gasteiger partial charge in [-0.05, 0) is 62.2 Å². The Labute approximate surface area is 451 Å². The van der Waals surface area contributed by atoms with Crippen molar-refractivity contribution in [3.63, 3.8) is 0 Å². The first-order chi connectivity index (χ1) is 35.3. The van der Waals surface area contributed by atoms with E-state index in [2.05, 4.69) is 42.5 Å². The Morgan fingerprint density at radius 2 is 0.816 bits per heavy atom. The van der Waals surface area contributed by atoms with Crippen molar-refractivity contribution < 1.29 is 57.8 Å². The topological polar surface area (TPSA) is 314 Å². The van der Waals surface area contributed by atoms with E-state index in [9.17, 15) is 57.8 Å². The zero-order chi connectivity index (χ0) is 58.5. The van der Waals surface area contributed by atoms with E-state index in [1.165, 1.54) is 49.7 Å². The van der Waals surface area contributed by atoms with Crippen molar-refractivity contribution in [1.82, 2.24) is 57.2 Å². The summed E-state index contributed by atoms with van der Waals surface area (Å²) in [6, 6.07) is -9.13. The Kier molecular flexibility index (Phi) is 29.3. The monoisotopic (exact) mass is 1080 g/mol. The number of rotatable bonds is 11. The number of nitrogens with one attached hydrogen (secondary N) is 8. The maximum Gasteiger partial charge on any atom is 0.245 e. The molecule has 23 nitrogen and oxygen atoms in total. The number of hydrogen-bond acceptors (Lipinski definition) is 12. The van der Waals surface area contributed by atoms with Gasteiger partial charge in [-0.25, -0.2) is 0 Å². The van der Waals surface area contributed by atoms with Crippen LogP contribution >= 0.6 is 0 Å². The first-order valence-electron chi connectivity index (χ1n) is 27.1. The van der Waals surface area contributed by atoms with Gasteiger partial charge in [-0.2, -0.15) is 0 Å². The molecular formula is C53H95N11O12. The molecule has 1 rings (SSSR count). The van der Waals surface area contributed by atoms with Crippen LogP contribution in [0.1, 0.15) is 142 Å². The molecule has 1 aliphatic heterocycles. The van der Waals surface area contributed by atoms with E-state index in [1.807, 2.05) is 41.5 Å². The minimum absolute atomic E-state index is 0.0813. The number of carbonyl (C=O) groups excluding carboxylic acids is 11. The van der Waals surface area contributed by atoms with Gasteiger partial charge in [0.05, 0.1) is 6.10 Å². The molecule has 76 heavy (non-hydrogen) atoms. The predicted molar refractivity (Wildman–Crippen MR) is 287 cm³/mol. The van der Waals surface area contributed by atoms with E-state index in [1.54, 1.807) is 41.5 Å². The normalized spacial score (nSPS) is 26.8. The predicted octanol–water partition coefficient (Wildman–Crippen LogP) is 0.321. The van der Waals surface area contributed by atoms with Crippen LogP contribution in [0, 0.1) is 35.5 Å². The minimum atomic E-state index is -1.51. The molecule has 1 aliphatic rings. The summed E-state index contributed by atoms with van der Waals surface area (Å²) in [5.41, 5.74) is 0. The molecule has 9 N–H and O–H groups in total. The molecule has 23 heteroatoms. The van der Waals surface area contributed by atoms with E-state index in [0.29, 0.717) is 12.8 Å². The Balaban J connectivity index is 3.73. The average molecular weight is 1080 g/mol. The molecule has 0 unspecified atom stereocenters. The second-order valence-electron chi connectivity index (χ2n) is 22.1. The van der Waals surface area contributed by atoms with Gasteiger partial charge in [0, 0.05) is 60.0 Å². The molecular weight excluding hydrogens is 983 g/mol. The lowest BCUT2D eigenvalue weighted by Gasteiger charge is -2.35. The van der Waals surface area contributed by atoms with Crippen molar-refractivity contribution in [2.75, 3.05) is 40.8 Å². The number of carbonyl (C=O) groups is 11. The summed E-state index contributed by atoms with van der Waals surface area (Å²) >= 11 is 0. The zero-order valence-corrected chi connectivity index (χ0v) is 48.5. The summed E-state index contributed by atoms with van der Waals surface area (Å²) in [5.74, 6) is -8.75. The maximum atomic E-state index is 14.2. The number of likely N-dealkylation sites (N-methyl/N-ethyl adjacent to an activating group) is 3.